The predicted octanol–water partition coefficient (Wildman–Crippen LogP) is 4.15. The second-order valence-corrected chi connectivity index (χ2v) is 5.34. The Morgan fingerprint density at radius 1 is 1.50 bits per heavy atom. The molecular formula is C11H20INO. The third kappa shape index (κ3) is 6.40. The highest BCUT2D eigenvalue weighted by atomic mass is 127. The third-order valence-corrected chi connectivity index (χ3v) is 2.01. The molecule has 0 aliphatic rings. The van der Waals surface area contributed by atoms with E-state index in [0.29, 0.717) is 11.7 Å². The van der Waals surface area contributed by atoms with E-state index in [1.807, 2.05) is 13.8 Å². The fourth-order valence-corrected chi connectivity index (χ4v) is 1.44. The zero-order valence-corrected chi connectivity index (χ0v) is 11.7. The van der Waals surface area contributed by atoms with Gasteiger partial charge in [-0.15, -0.1) is 0 Å². The minimum Gasteiger partial charge on any atom is -0.448 e. The molecule has 0 heterocycles. The van der Waals surface area contributed by atoms with Gasteiger partial charge in [-0.1, -0.05) is 49.4 Å². The molecule has 0 aromatic heterocycles. The minimum absolute atomic E-state index is 0.251. The van der Waals surface area contributed by atoms with E-state index in [1.54, 1.807) is 0 Å². The van der Waals surface area contributed by atoms with Gasteiger partial charge < -0.3 is 4.74 Å². The van der Waals surface area contributed by atoms with Gasteiger partial charge in [-0.3, -0.25) is 0 Å². The molecular weight excluding hydrogens is 289 g/mol. The van der Waals surface area contributed by atoms with Crippen molar-refractivity contribution in [2.24, 2.45) is 10.9 Å². The van der Waals surface area contributed by atoms with Crippen molar-refractivity contribution in [3.8, 4) is 0 Å². The Hall–Kier alpha value is -0.0600. The molecule has 0 N–H and O–H groups in total. The van der Waals surface area contributed by atoms with Crippen molar-refractivity contribution >= 4 is 28.5 Å². The topological polar surface area (TPSA) is 21.6 Å². The highest BCUT2D eigenvalue weighted by molar-refractivity contribution is 14.1. The second kappa shape index (κ2) is 7.26. The van der Waals surface area contributed by atoms with Crippen LogP contribution >= 0.6 is 22.6 Å². The number of hydrogen-bond donors (Lipinski definition) is 0. The molecule has 0 spiro atoms. The summed E-state index contributed by atoms with van der Waals surface area (Å²) in [6, 6.07) is 0. The lowest BCUT2D eigenvalue weighted by atomic mass is 10.1. The number of halogens is 1. The third-order valence-electron chi connectivity index (χ3n) is 1.73. The summed E-state index contributed by atoms with van der Waals surface area (Å²) in [6.07, 6.45) is 2.25. The van der Waals surface area contributed by atoms with Gasteiger partial charge in [-0.25, -0.2) is 4.99 Å². The van der Waals surface area contributed by atoms with Crippen LogP contribution in [0.2, 0.25) is 0 Å². The monoisotopic (exact) mass is 309 g/mol. The van der Waals surface area contributed by atoms with Crippen LogP contribution in [0.3, 0.4) is 0 Å². The van der Waals surface area contributed by atoms with Crippen molar-refractivity contribution in [3.63, 3.8) is 0 Å². The lowest BCUT2D eigenvalue weighted by Gasteiger charge is -2.15. The number of ether oxygens (including phenoxy) is 1. The maximum atomic E-state index is 5.53. The van der Waals surface area contributed by atoms with E-state index in [0.717, 1.165) is 18.7 Å². The average Bonchev–Trinajstić information content (AvgIpc) is 2.01. The number of alkyl halides is 1. The van der Waals surface area contributed by atoms with E-state index in [9.17, 15) is 0 Å². The lowest BCUT2D eigenvalue weighted by molar-refractivity contribution is 0.377. The average molecular weight is 309 g/mol. The first-order chi connectivity index (χ1) is 6.47. The van der Waals surface area contributed by atoms with Crippen molar-refractivity contribution in [1.29, 1.82) is 0 Å². The van der Waals surface area contributed by atoms with Gasteiger partial charge in [0.1, 0.15) is 4.05 Å². The van der Waals surface area contributed by atoms with E-state index in [1.165, 1.54) is 0 Å². The zero-order valence-electron chi connectivity index (χ0n) is 9.51. The molecule has 0 radical (unpaired) electrons. The predicted molar refractivity (Wildman–Crippen MR) is 70.9 cm³/mol. The van der Waals surface area contributed by atoms with Gasteiger partial charge >= 0.3 is 0 Å². The fraction of sp³-hybridized carbons (Fsp3) is 0.727. The van der Waals surface area contributed by atoms with Gasteiger partial charge in [0.2, 0.25) is 0 Å². The Labute approximate surface area is 101 Å². The Morgan fingerprint density at radius 3 is 2.43 bits per heavy atom. The Morgan fingerprint density at radius 2 is 2.07 bits per heavy atom. The van der Waals surface area contributed by atoms with Crippen LogP contribution in [0.1, 0.15) is 40.5 Å². The van der Waals surface area contributed by atoms with Crippen LogP contribution in [0.5, 0.6) is 0 Å². The van der Waals surface area contributed by atoms with Crippen LogP contribution in [-0.2, 0) is 4.74 Å². The van der Waals surface area contributed by atoms with Crippen LogP contribution in [-0.4, -0.2) is 9.95 Å². The molecule has 2 nitrogen and oxygen atoms in total. The first kappa shape index (κ1) is 13.9. The smallest absolute Gasteiger partial charge is 0.193 e. The molecule has 2 unspecified atom stereocenters. The molecule has 2 atom stereocenters. The van der Waals surface area contributed by atoms with E-state index in [-0.39, 0.29) is 4.05 Å². The first-order valence-corrected chi connectivity index (χ1v) is 6.27. The van der Waals surface area contributed by atoms with Gasteiger partial charge in [-0.2, -0.15) is 0 Å². The summed E-state index contributed by atoms with van der Waals surface area (Å²) in [6.45, 7) is 11.9. The van der Waals surface area contributed by atoms with E-state index < -0.39 is 0 Å². The number of allylic oxidation sites excluding steroid dienone is 1. The highest BCUT2D eigenvalue weighted by Crippen LogP contribution is 2.14. The molecule has 0 amide bonds. The quantitative estimate of drug-likeness (QED) is 0.187. The molecule has 0 aliphatic heterocycles. The molecule has 0 rings (SSSR count). The normalized spacial score (nSPS) is 16.2. The summed E-state index contributed by atoms with van der Waals surface area (Å²) in [7, 11) is 0. The molecule has 3 heteroatoms. The van der Waals surface area contributed by atoms with Crippen molar-refractivity contribution < 1.29 is 4.74 Å². The molecule has 82 valence electrons. The van der Waals surface area contributed by atoms with E-state index in [2.05, 4.69) is 48.0 Å². The fourth-order valence-electron chi connectivity index (χ4n) is 1.16. The van der Waals surface area contributed by atoms with Gasteiger partial charge in [0, 0.05) is 5.92 Å². The standard InChI is InChI=1S/C11H20INO/c1-6-7-9(4)11(13-10(5)12)14-8(2)3/h9-10H,2,6-7H2,1,3-5H3/b13-11-. The summed E-state index contributed by atoms with van der Waals surface area (Å²) in [5.41, 5.74) is 0. The first-order valence-electron chi connectivity index (χ1n) is 5.02. The molecule has 0 aromatic rings. The molecule has 0 bridgehead atoms. The minimum atomic E-state index is 0.251. The van der Waals surface area contributed by atoms with Gasteiger partial charge in [0.25, 0.3) is 0 Å². The second-order valence-electron chi connectivity index (χ2n) is 3.54. The zero-order chi connectivity index (χ0) is 11.1. The molecule has 0 saturated heterocycles. The van der Waals surface area contributed by atoms with Crippen LogP contribution in [0.15, 0.2) is 17.3 Å². The van der Waals surface area contributed by atoms with Gasteiger partial charge in [0.15, 0.2) is 5.90 Å². The summed E-state index contributed by atoms with van der Waals surface area (Å²) in [4.78, 5) is 4.46. The number of rotatable bonds is 5. The van der Waals surface area contributed by atoms with Crippen molar-refractivity contribution in [2.45, 2.75) is 44.6 Å². The Kier molecular flexibility index (Phi) is 7.23. The highest BCUT2D eigenvalue weighted by Gasteiger charge is 2.12. The van der Waals surface area contributed by atoms with E-state index in [4.69, 9.17) is 4.74 Å². The molecule has 0 aliphatic carbocycles. The summed E-state index contributed by atoms with van der Waals surface area (Å²) in [5.74, 6) is 1.92. The van der Waals surface area contributed by atoms with Crippen molar-refractivity contribution in [3.05, 3.63) is 12.3 Å². The number of nitrogens with zero attached hydrogens (tertiary/aromatic N) is 1. The molecule has 0 fully saturated rings. The molecule has 0 saturated carbocycles. The largest absolute Gasteiger partial charge is 0.448 e. The number of aliphatic imine (C=N–C) groups is 1. The SMILES string of the molecule is C=C(C)O/C(=N\C(C)I)C(C)CCC. The maximum absolute atomic E-state index is 5.53. The molecule has 0 aromatic carbocycles. The maximum Gasteiger partial charge on any atom is 0.193 e. The summed E-state index contributed by atoms with van der Waals surface area (Å²) < 4.78 is 5.78. The lowest BCUT2D eigenvalue weighted by Crippen LogP contribution is -2.15. The van der Waals surface area contributed by atoms with Crippen LogP contribution in [0, 0.1) is 5.92 Å². The summed E-state index contributed by atoms with van der Waals surface area (Å²) in [5, 5.41) is 0. The molecule has 14 heavy (non-hydrogen) atoms. The summed E-state index contributed by atoms with van der Waals surface area (Å²) >= 11 is 2.27. The van der Waals surface area contributed by atoms with Crippen molar-refractivity contribution in [2.75, 3.05) is 0 Å². The van der Waals surface area contributed by atoms with Gasteiger partial charge in [-0.05, 0) is 20.3 Å². The van der Waals surface area contributed by atoms with Crippen LogP contribution < -0.4 is 0 Å². The Balaban J connectivity index is 4.45. The number of hydrogen-bond acceptors (Lipinski definition) is 2. The van der Waals surface area contributed by atoms with Gasteiger partial charge in [0.05, 0.1) is 5.76 Å². The Bertz CT molecular complexity index is 211. The van der Waals surface area contributed by atoms with Crippen LogP contribution in [0.25, 0.3) is 0 Å². The van der Waals surface area contributed by atoms with Crippen LogP contribution in [0.4, 0.5) is 0 Å². The van der Waals surface area contributed by atoms with E-state index >= 15 is 0 Å². The van der Waals surface area contributed by atoms with Crippen molar-refractivity contribution in [1.82, 2.24) is 0 Å².